The Bertz CT molecular complexity index is 540. The van der Waals surface area contributed by atoms with E-state index in [-0.39, 0.29) is 30.0 Å². The molecule has 1 heterocycles. The maximum absolute atomic E-state index is 13.0. The second-order valence-corrected chi connectivity index (χ2v) is 5.32. The summed E-state index contributed by atoms with van der Waals surface area (Å²) in [6.45, 7) is 4.34. The first-order valence-electron chi connectivity index (χ1n) is 7.12. The normalized spacial score (nSPS) is 22.8. The van der Waals surface area contributed by atoms with Crippen molar-refractivity contribution in [1.29, 1.82) is 0 Å². The molecule has 0 saturated carbocycles. The average Bonchev–Trinajstić information content (AvgIpc) is 2.46. The molecule has 0 spiro atoms. The predicted molar refractivity (Wildman–Crippen MR) is 82.5 cm³/mol. The lowest BCUT2D eigenvalue weighted by Crippen LogP contribution is -2.55. The maximum Gasteiger partial charge on any atom is 0.416 e. The van der Waals surface area contributed by atoms with Gasteiger partial charge in [-0.2, -0.15) is 13.2 Å². The SMILES string of the molecule is CC(NC(=O)[C@H]1NCCO[C@@H]1C)c1ccccc1C(F)(F)F.Cl. The van der Waals surface area contributed by atoms with Crippen molar-refractivity contribution in [2.45, 2.75) is 38.2 Å². The Hall–Kier alpha value is -1.31. The first kappa shape index (κ1) is 19.7. The fourth-order valence-corrected chi connectivity index (χ4v) is 2.54. The van der Waals surface area contributed by atoms with Crippen LogP contribution >= 0.6 is 12.4 Å². The molecule has 2 rings (SSSR count). The molecule has 1 aliphatic heterocycles. The van der Waals surface area contributed by atoms with Gasteiger partial charge >= 0.3 is 6.18 Å². The summed E-state index contributed by atoms with van der Waals surface area (Å²) < 4.78 is 44.4. The molecule has 0 radical (unpaired) electrons. The summed E-state index contributed by atoms with van der Waals surface area (Å²) in [5.41, 5.74) is -0.684. The van der Waals surface area contributed by atoms with Crippen molar-refractivity contribution >= 4 is 18.3 Å². The summed E-state index contributed by atoms with van der Waals surface area (Å²) in [7, 11) is 0. The Labute approximate surface area is 139 Å². The summed E-state index contributed by atoms with van der Waals surface area (Å²) in [6, 6.07) is 3.94. The number of ether oxygens (including phenoxy) is 1. The maximum atomic E-state index is 13.0. The molecular weight excluding hydrogens is 333 g/mol. The summed E-state index contributed by atoms with van der Waals surface area (Å²) in [5, 5.41) is 5.64. The van der Waals surface area contributed by atoms with Crippen LogP contribution in [-0.4, -0.2) is 31.2 Å². The minimum Gasteiger partial charge on any atom is -0.375 e. The van der Waals surface area contributed by atoms with E-state index >= 15 is 0 Å². The van der Waals surface area contributed by atoms with E-state index in [9.17, 15) is 18.0 Å². The molecule has 0 aliphatic carbocycles. The predicted octanol–water partition coefficient (Wildman–Crippen LogP) is 2.68. The summed E-state index contributed by atoms with van der Waals surface area (Å²) >= 11 is 0. The molecule has 3 atom stereocenters. The van der Waals surface area contributed by atoms with Gasteiger partial charge in [0.2, 0.25) is 5.91 Å². The molecule has 1 unspecified atom stereocenters. The number of hydrogen-bond acceptors (Lipinski definition) is 3. The van der Waals surface area contributed by atoms with Crippen LogP contribution in [0.5, 0.6) is 0 Å². The zero-order valence-electron chi connectivity index (χ0n) is 12.8. The van der Waals surface area contributed by atoms with Crippen LogP contribution < -0.4 is 10.6 Å². The first-order valence-corrected chi connectivity index (χ1v) is 7.12. The van der Waals surface area contributed by atoms with Crippen LogP contribution in [0.1, 0.15) is 31.0 Å². The molecule has 130 valence electrons. The van der Waals surface area contributed by atoms with Crippen LogP contribution in [-0.2, 0) is 15.7 Å². The summed E-state index contributed by atoms with van der Waals surface area (Å²) in [5.74, 6) is -0.364. The lowest BCUT2D eigenvalue weighted by molar-refractivity contribution is -0.139. The number of carbonyl (C=O) groups excluding carboxylic acids is 1. The number of rotatable bonds is 3. The third-order valence-corrected chi connectivity index (χ3v) is 3.69. The van der Waals surface area contributed by atoms with Gasteiger partial charge < -0.3 is 15.4 Å². The molecule has 2 N–H and O–H groups in total. The van der Waals surface area contributed by atoms with Crippen molar-refractivity contribution in [1.82, 2.24) is 10.6 Å². The highest BCUT2D eigenvalue weighted by Gasteiger charge is 2.35. The molecule has 1 amide bonds. The van der Waals surface area contributed by atoms with E-state index in [4.69, 9.17) is 4.74 Å². The van der Waals surface area contributed by atoms with Gasteiger partial charge in [-0.3, -0.25) is 4.79 Å². The molecule has 23 heavy (non-hydrogen) atoms. The minimum atomic E-state index is -4.45. The monoisotopic (exact) mass is 352 g/mol. The zero-order valence-corrected chi connectivity index (χ0v) is 13.6. The topological polar surface area (TPSA) is 50.4 Å². The summed E-state index contributed by atoms with van der Waals surface area (Å²) in [4.78, 5) is 12.2. The highest BCUT2D eigenvalue weighted by Crippen LogP contribution is 2.34. The van der Waals surface area contributed by atoms with Gasteiger partial charge in [0.05, 0.1) is 24.3 Å². The van der Waals surface area contributed by atoms with Gasteiger partial charge in [0, 0.05) is 6.54 Å². The van der Waals surface area contributed by atoms with E-state index in [1.165, 1.54) is 25.1 Å². The van der Waals surface area contributed by atoms with Gasteiger partial charge in [-0.05, 0) is 25.5 Å². The average molecular weight is 353 g/mol. The second-order valence-electron chi connectivity index (χ2n) is 5.32. The number of halogens is 4. The Morgan fingerprint density at radius 2 is 2.04 bits per heavy atom. The Balaban J connectivity index is 0.00000264. The second kappa shape index (κ2) is 7.99. The number of benzene rings is 1. The number of hydrogen-bond donors (Lipinski definition) is 2. The standard InChI is InChI=1S/C15H19F3N2O2.ClH/c1-9(11-5-3-4-6-12(11)15(16,17)18)20-14(21)13-10(2)22-8-7-19-13;/h3-6,9-10,13,19H,7-8H2,1-2H3,(H,20,21);1H/t9?,10-,13+;/m1./s1. The number of nitrogens with one attached hydrogen (secondary N) is 2. The quantitative estimate of drug-likeness (QED) is 0.879. The van der Waals surface area contributed by atoms with Gasteiger partial charge in [-0.1, -0.05) is 18.2 Å². The van der Waals surface area contributed by atoms with Crippen molar-refractivity contribution in [3.8, 4) is 0 Å². The van der Waals surface area contributed by atoms with E-state index in [0.29, 0.717) is 13.2 Å². The molecule has 0 aromatic heterocycles. The van der Waals surface area contributed by atoms with E-state index in [1.54, 1.807) is 6.92 Å². The number of carbonyl (C=O) groups is 1. The van der Waals surface area contributed by atoms with E-state index < -0.39 is 23.8 Å². The van der Waals surface area contributed by atoms with Crippen LogP contribution in [0, 0.1) is 0 Å². The van der Waals surface area contributed by atoms with Gasteiger partial charge in [-0.25, -0.2) is 0 Å². The Morgan fingerprint density at radius 3 is 2.65 bits per heavy atom. The largest absolute Gasteiger partial charge is 0.416 e. The summed E-state index contributed by atoms with van der Waals surface area (Å²) in [6.07, 6.45) is -4.77. The molecule has 1 fully saturated rings. The van der Waals surface area contributed by atoms with Crippen molar-refractivity contribution < 1.29 is 22.7 Å². The molecular formula is C15H20ClF3N2O2. The van der Waals surface area contributed by atoms with Gasteiger partial charge in [0.15, 0.2) is 0 Å². The number of amides is 1. The molecule has 1 aromatic carbocycles. The van der Waals surface area contributed by atoms with Crippen LogP contribution in [0.25, 0.3) is 0 Å². The Kier molecular flexibility index (Phi) is 6.85. The van der Waals surface area contributed by atoms with E-state index in [2.05, 4.69) is 10.6 Å². The third kappa shape index (κ3) is 4.83. The third-order valence-electron chi connectivity index (χ3n) is 3.69. The first-order chi connectivity index (χ1) is 10.3. The fraction of sp³-hybridized carbons (Fsp3) is 0.533. The smallest absolute Gasteiger partial charge is 0.375 e. The van der Waals surface area contributed by atoms with Gasteiger partial charge in [0.25, 0.3) is 0 Å². The van der Waals surface area contributed by atoms with Crippen LogP contribution in [0.3, 0.4) is 0 Å². The van der Waals surface area contributed by atoms with Crippen molar-refractivity contribution in [3.63, 3.8) is 0 Å². The van der Waals surface area contributed by atoms with E-state index in [0.717, 1.165) is 6.07 Å². The van der Waals surface area contributed by atoms with Gasteiger partial charge in [-0.15, -0.1) is 12.4 Å². The van der Waals surface area contributed by atoms with Crippen LogP contribution in [0.4, 0.5) is 13.2 Å². The molecule has 1 saturated heterocycles. The fourth-order valence-electron chi connectivity index (χ4n) is 2.54. The Morgan fingerprint density at radius 1 is 1.39 bits per heavy atom. The molecule has 4 nitrogen and oxygen atoms in total. The van der Waals surface area contributed by atoms with E-state index in [1.807, 2.05) is 0 Å². The molecule has 0 bridgehead atoms. The van der Waals surface area contributed by atoms with Crippen LogP contribution in [0.15, 0.2) is 24.3 Å². The van der Waals surface area contributed by atoms with Crippen LogP contribution in [0.2, 0.25) is 0 Å². The van der Waals surface area contributed by atoms with Crippen molar-refractivity contribution in [2.24, 2.45) is 0 Å². The highest BCUT2D eigenvalue weighted by molar-refractivity contribution is 5.85. The number of morpholine rings is 1. The lowest BCUT2D eigenvalue weighted by atomic mass is 10.00. The molecule has 8 heteroatoms. The minimum absolute atomic E-state index is 0. The lowest BCUT2D eigenvalue weighted by Gasteiger charge is -2.30. The highest BCUT2D eigenvalue weighted by atomic mass is 35.5. The van der Waals surface area contributed by atoms with Crippen molar-refractivity contribution in [2.75, 3.05) is 13.2 Å². The number of alkyl halides is 3. The van der Waals surface area contributed by atoms with Gasteiger partial charge in [0.1, 0.15) is 6.04 Å². The molecule has 1 aromatic rings. The zero-order chi connectivity index (χ0) is 16.3. The molecule has 1 aliphatic rings. The van der Waals surface area contributed by atoms with Crippen molar-refractivity contribution in [3.05, 3.63) is 35.4 Å².